The van der Waals surface area contributed by atoms with Crippen molar-refractivity contribution in [3.8, 4) is 23.0 Å². The van der Waals surface area contributed by atoms with E-state index in [0.29, 0.717) is 18.9 Å². The molecule has 0 aromatic heterocycles. The number of aromatic hydroxyl groups is 2. The number of rotatable bonds is 6. The number of phenols is 2. The Labute approximate surface area is 205 Å². The minimum atomic E-state index is -0.382. The number of nitrogens with zero attached hydrogens (tertiary/aromatic N) is 1. The second kappa shape index (κ2) is 9.64. The van der Waals surface area contributed by atoms with Crippen LogP contribution in [0.2, 0.25) is 0 Å². The molecule has 2 heterocycles. The molecule has 3 N–H and O–H groups in total. The van der Waals surface area contributed by atoms with Crippen LogP contribution in [0.25, 0.3) is 11.1 Å². The van der Waals surface area contributed by atoms with Crippen molar-refractivity contribution in [3.05, 3.63) is 83.4 Å². The molecule has 2 aliphatic rings. The van der Waals surface area contributed by atoms with E-state index in [4.69, 9.17) is 9.47 Å². The van der Waals surface area contributed by atoms with Crippen molar-refractivity contribution in [3.63, 3.8) is 0 Å². The Balaban J connectivity index is 1.41. The van der Waals surface area contributed by atoms with Crippen LogP contribution in [-0.4, -0.2) is 52.1 Å². The fourth-order valence-electron chi connectivity index (χ4n) is 4.95. The summed E-state index contributed by atoms with van der Waals surface area (Å²) in [7, 11) is 0. The van der Waals surface area contributed by atoms with Crippen molar-refractivity contribution >= 4 is 11.1 Å². The molecule has 2 aliphatic heterocycles. The zero-order valence-corrected chi connectivity index (χ0v) is 20.0. The van der Waals surface area contributed by atoms with E-state index in [1.54, 1.807) is 30.3 Å². The molecule has 0 amide bonds. The molecule has 182 valence electrons. The van der Waals surface area contributed by atoms with E-state index >= 15 is 0 Å². The number of benzene rings is 3. The summed E-state index contributed by atoms with van der Waals surface area (Å²) in [4.78, 5) is 2.25. The van der Waals surface area contributed by atoms with E-state index in [1.807, 2.05) is 43.3 Å². The van der Waals surface area contributed by atoms with Gasteiger partial charge in [0, 0.05) is 30.3 Å². The highest BCUT2D eigenvalue weighted by Gasteiger charge is 2.30. The van der Waals surface area contributed by atoms with E-state index in [-0.39, 0.29) is 29.7 Å². The lowest BCUT2D eigenvalue weighted by Gasteiger charge is -2.31. The molecule has 0 spiro atoms. The van der Waals surface area contributed by atoms with Gasteiger partial charge in [-0.05, 0) is 79.4 Å². The molecule has 5 rings (SSSR count). The first-order valence-electron chi connectivity index (χ1n) is 12.0. The largest absolute Gasteiger partial charge is 0.508 e. The Kier molecular flexibility index (Phi) is 6.41. The van der Waals surface area contributed by atoms with Crippen molar-refractivity contribution in [1.29, 1.82) is 0 Å². The van der Waals surface area contributed by atoms with E-state index < -0.39 is 0 Å². The highest BCUT2D eigenvalue weighted by Crippen LogP contribution is 2.47. The van der Waals surface area contributed by atoms with Gasteiger partial charge in [-0.3, -0.25) is 4.90 Å². The van der Waals surface area contributed by atoms with Crippen LogP contribution in [0, 0.1) is 0 Å². The molecule has 3 atom stereocenters. The molecule has 0 aliphatic carbocycles. The number of fused-ring (bicyclic) bond motifs is 1. The highest BCUT2D eigenvalue weighted by molar-refractivity contribution is 5.95. The maximum absolute atomic E-state index is 10.1. The molecule has 1 unspecified atom stereocenters. The summed E-state index contributed by atoms with van der Waals surface area (Å²) in [6.07, 6.45) is 0.198. The van der Waals surface area contributed by atoms with Gasteiger partial charge in [0.05, 0.1) is 6.10 Å². The molecule has 0 saturated carbocycles. The van der Waals surface area contributed by atoms with Crippen LogP contribution in [0.3, 0.4) is 0 Å². The Morgan fingerprint density at radius 2 is 1.80 bits per heavy atom. The van der Waals surface area contributed by atoms with Crippen molar-refractivity contribution in [2.75, 3.05) is 19.7 Å². The number of phenolic OH excluding ortho intramolecular Hbond substituents is 2. The van der Waals surface area contributed by atoms with Crippen LogP contribution in [0.4, 0.5) is 0 Å². The summed E-state index contributed by atoms with van der Waals surface area (Å²) in [5.74, 6) is 1.85. The van der Waals surface area contributed by atoms with Gasteiger partial charge in [-0.15, -0.1) is 0 Å². The van der Waals surface area contributed by atoms with E-state index in [1.165, 1.54) is 0 Å². The normalized spacial score (nSPS) is 20.9. The van der Waals surface area contributed by atoms with Crippen LogP contribution >= 0.6 is 0 Å². The van der Waals surface area contributed by atoms with Gasteiger partial charge in [-0.25, -0.2) is 0 Å². The van der Waals surface area contributed by atoms with Gasteiger partial charge in [0.1, 0.15) is 35.7 Å². The summed E-state index contributed by atoms with van der Waals surface area (Å²) >= 11 is 0. The van der Waals surface area contributed by atoms with Gasteiger partial charge in [0.15, 0.2) is 0 Å². The van der Waals surface area contributed by atoms with Gasteiger partial charge in [0.25, 0.3) is 0 Å². The Morgan fingerprint density at radius 3 is 2.51 bits per heavy atom. The number of aliphatic hydroxyl groups is 1. The molecule has 1 saturated heterocycles. The summed E-state index contributed by atoms with van der Waals surface area (Å²) < 4.78 is 12.5. The first kappa shape index (κ1) is 23.3. The number of ether oxygens (including phenoxy) is 2. The lowest BCUT2D eigenvalue weighted by molar-refractivity contribution is 0.137. The van der Waals surface area contributed by atoms with Crippen LogP contribution < -0.4 is 9.47 Å². The monoisotopic (exact) mass is 473 g/mol. The second-order valence-corrected chi connectivity index (χ2v) is 9.43. The smallest absolute Gasteiger partial charge is 0.150 e. The minimum Gasteiger partial charge on any atom is -0.508 e. The average Bonchev–Trinajstić information content (AvgIpc) is 3.29. The van der Waals surface area contributed by atoms with Crippen molar-refractivity contribution in [1.82, 2.24) is 4.90 Å². The minimum absolute atomic E-state index is 0.180. The third kappa shape index (κ3) is 4.85. The molecule has 1 fully saturated rings. The Hall–Kier alpha value is -3.48. The standard InChI is InChI=1S/C29H31NO5/c1-18(30-13-12-24(33)16-30)17-34-25-9-6-20(7-10-25)29-28(21-4-3-5-22(31)14-21)19(2)26-15-23(32)8-11-27(26)35-29/h3-11,14-15,18,24,29,31-33H,12-13,16-17H2,1-2H3/t18-,24+,29?/m0/s1. The van der Waals surface area contributed by atoms with Gasteiger partial charge in [-0.1, -0.05) is 24.3 Å². The number of hydrogen-bond acceptors (Lipinski definition) is 6. The lowest BCUT2D eigenvalue weighted by atomic mass is 9.86. The number of hydrogen-bond donors (Lipinski definition) is 3. The zero-order chi connectivity index (χ0) is 24.5. The number of allylic oxidation sites excluding steroid dienone is 1. The van der Waals surface area contributed by atoms with E-state index in [9.17, 15) is 15.3 Å². The van der Waals surface area contributed by atoms with E-state index in [2.05, 4.69) is 11.8 Å². The SMILES string of the molecule is CC1=C(c2cccc(O)c2)C(c2ccc(OC[C@H](C)N3CC[C@@H](O)C3)cc2)Oc2ccc(O)cc21. The fourth-order valence-corrected chi connectivity index (χ4v) is 4.95. The van der Waals surface area contributed by atoms with Gasteiger partial charge >= 0.3 is 0 Å². The topological polar surface area (TPSA) is 82.4 Å². The molecule has 0 bridgehead atoms. The summed E-state index contributed by atoms with van der Waals surface area (Å²) in [6.45, 7) is 6.28. The molecule has 35 heavy (non-hydrogen) atoms. The second-order valence-electron chi connectivity index (χ2n) is 9.43. The molecular formula is C29H31NO5. The molecule has 3 aromatic rings. The number of β-amino-alcohol motifs (C(OH)–C–C–N with tert-alkyl or cyclic N) is 1. The van der Waals surface area contributed by atoms with Crippen molar-refractivity contribution in [2.24, 2.45) is 0 Å². The molecule has 3 aromatic carbocycles. The highest BCUT2D eigenvalue weighted by atomic mass is 16.5. The average molecular weight is 474 g/mol. The molecule has 6 nitrogen and oxygen atoms in total. The first-order chi connectivity index (χ1) is 16.9. The maximum Gasteiger partial charge on any atom is 0.150 e. The third-order valence-corrected chi connectivity index (χ3v) is 6.93. The summed E-state index contributed by atoms with van der Waals surface area (Å²) in [6, 6.07) is 20.4. The third-order valence-electron chi connectivity index (χ3n) is 6.93. The predicted octanol–water partition coefficient (Wildman–Crippen LogP) is 5.00. The van der Waals surface area contributed by atoms with Crippen molar-refractivity contribution < 1.29 is 24.8 Å². The quantitative estimate of drug-likeness (QED) is 0.468. The predicted molar refractivity (Wildman–Crippen MR) is 136 cm³/mol. The molecule has 6 heteroatoms. The summed E-state index contributed by atoms with van der Waals surface area (Å²) in [5, 5.41) is 29.9. The lowest BCUT2D eigenvalue weighted by Crippen LogP contribution is -2.36. The van der Waals surface area contributed by atoms with Crippen molar-refractivity contribution in [2.45, 2.75) is 38.5 Å². The van der Waals surface area contributed by atoms with Crippen LogP contribution in [0.15, 0.2) is 66.7 Å². The number of aliphatic hydroxyl groups excluding tert-OH is 1. The Morgan fingerprint density at radius 1 is 1.03 bits per heavy atom. The van der Waals surface area contributed by atoms with Crippen LogP contribution in [-0.2, 0) is 0 Å². The van der Waals surface area contributed by atoms with Gasteiger partial charge < -0.3 is 24.8 Å². The Bertz CT molecular complexity index is 1240. The summed E-state index contributed by atoms with van der Waals surface area (Å²) in [5.41, 5.74) is 4.59. The maximum atomic E-state index is 10.1. The zero-order valence-electron chi connectivity index (χ0n) is 20.0. The fraction of sp³-hybridized carbons (Fsp3) is 0.310. The van der Waals surface area contributed by atoms with Crippen LogP contribution in [0.1, 0.15) is 43.1 Å². The van der Waals surface area contributed by atoms with Gasteiger partial charge in [-0.2, -0.15) is 0 Å². The molecular weight excluding hydrogens is 442 g/mol. The first-order valence-corrected chi connectivity index (χ1v) is 12.0. The van der Waals surface area contributed by atoms with Crippen LogP contribution in [0.5, 0.6) is 23.0 Å². The van der Waals surface area contributed by atoms with Gasteiger partial charge in [0.2, 0.25) is 0 Å². The van der Waals surface area contributed by atoms with E-state index in [0.717, 1.165) is 46.6 Å². The number of likely N-dealkylation sites (tertiary alicyclic amines) is 1. The molecule has 0 radical (unpaired) electrons.